The number of unbranched alkanes of at least 4 members (excludes halogenated alkanes) is 1. The summed E-state index contributed by atoms with van der Waals surface area (Å²) in [7, 11) is 0. The van der Waals surface area contributed by atoms with Gasteiger partial charge in [-0.05, 0) is 68.0 Å². The van der Waals surface area contributed by atoms with Gasteiger partial charge >= 0.3 is 12.3 Å². The number of ether oxygens (including phenoxy) is 1. The van der Waals surface area contributed by atoms with Crippen molar-refractivity contribution in [1.82, 2.24) is 0 Å². The predicted molar refractivity (Wildman–Crippen MR) is 120 cm³/mol. The van der Waals surface area contributed by atoms with Crippen LogP contribution in [-0.4, -0.2) is 23.7 Å². The van der Waals surface area contributed by atoms with Gasteiger partial charge < -0.3 is 9.84 Å². The van der Waals surface area contributed by atoms with Crippen LogP contribution in [0.1, 0.15) is 65.2 Å². The highest BCUT2D eigenvalue weighted by Crippen LogP contribution is 2.35. The summed E-state index contributed by atoms with van der Waals surface area (Å²) in [6, 6.07) is 9.78. The van der Waals surface area contributed by atoms with Gasteiger partial charge in [0, 0.05) is 17.8 Å². The van der Waals surface area contributed by atoms with Gasteiger partial charge in [0.1, 0.15) is 11.3 Å². The van der Waals surface area contributed by atoms with Gasteiger partial charge in [-0.25, -0.2) is 4.79 Å². The van der Waals surface area contributed by atoms with E-state index in [-0.39, 0.29) is 5.92 Å². The van der Waals surface area contributed by atoms with Crippen LogP contribution in [0, 0.1) is 13.8 Å². The molecule has 2 aromatic rings. The molecule has 0 spiro atoms. The normalized spacial score (nSPS) is 13.4. The number of hydrogen-bond acceptors (Lipinski definition) is 3. The first-order valence-electron chi connectivity index (χ1n) is 10.4. The zero-order valence-corrected chi connectivity index (χ0v) is 18.7. The van der Waals surface area contributed by atoms with Gasteiger partial charge in [0.2, 0.25) is 0 Å². The molecule has 32 heavy (non-hydrogen) atoms. The first kappa shape index (κ1) is 25.2. The Hall–Kier alpha value is -3.09. The minimum Gasteiger partial charge on any atom is -0.478 e. The minimum absolute atomic E-state index is 0.216. The molecule has 172 valence electrons. The molecule has 4 nitrogen and oxygen atoms in total. The number of aliphatic imine (C=N–C) groups is 1. The third-order valence-corrected chi connectivity index (χ3v) is 5.24. The van der Waals surface area contributed by atoms with Gasteiger partial charge in [-0.2, -0.15) is 0 Å². The Labute approximate surface area is 186 Å². The Bertz CT molecular complexity index is 1010. The number of carbonyl (C=O) groups is 1. The van der Waals surface area contributed by atoms with Crippen molar-refractivity contribution in [2.24, 2.45) is 4.99 Å². The van der Waals surface area contributed by atoms with Crippen LogP contribution in [-0.2, 0) is 6.42 Å². The molecular weight excluding hydrogens is 419 g/mol. The van der Waals surface area contributed by atoms with E-state index in [9.17, 15) is 23.1 Å². The molecule has 0 heterocycles. The summed E-state index contributed by atoms with van der Waals surface area (Å²) >= 11 is 0. The standard InChI is InChI=1S/C25H28F3NO3/c1-5-7-11-22(29-6-2)21(19-10-8-9-16(3)17(19)4)14-18-12-13-20(24(30)31)23(15-18)32-25(26,27)28/h6,8-13,15,21H,5,7,14H2,1-4H3,(H,30,31)/b22-11-,29-6?. The Morgan fingerprint density at radius 1 is 1.22 bits per heavy atom. The van der Waals surface area contributed by atoms with Gasteiger partial charge in [0.25, 0.3) is 0 Å². The summed E-state index contributed by atoms with van der Waals surface area (Å²) < 4.78 is 42.6. The average molecular weight is 447 g/mol. The van der Waals surface area contributed by atoms with E-state index >= 15 is 0 Å². The number of aryl methyl sites for hydroxylation is 1. The Kier molecular flexibility index (Phi) is 8.63. The topological polar surface area (TPSA) is 58.9 Å². The molecule has 0 radical (unpaired) electrons. The second-order valence-electron chi connectivity index (χ2n) is 7.53. The number of aromatic carboxylic acids is 1. The molecule has 2 aromatic carbocycles. The zero-order valence-electron chi connectivity index (χ0n) is 18.7. The monoisotopic (exact) mass is 447 g/mol. The highest BCUT2D eigenvalue weighted by Gasteiger charge is 2.33. The number of carboxylic acid groups (broad SMARTS) is 1. The first-order valence-corrected chi connectivity index (χ1v) is 10.4. The van der Waals surface area contributed by atoms with Crippen LogP contribution >= 0.6 is 0 Å². The highest BCUT2D eigenvalue weighted by molar-refractivity contribution is 5.91. The molecule has 7 heteroatoms. The lowest BCUT2D eigenvalue weighted by Crippen LogP contribution is -2.19. The third kappa shape index (κ3) is 6.70. The van der Waals surface area contributed by atoms with Crippen molar-refractivity contribution in [3.63, 3.8) is 0 Å². The molecule has 0 aliphatic rings. The smallest absolute Gasteiger partial charge is 0.478 e. The summed E-state index contributed by atoms with van der Waals surface area (Å²) in [6.45, 7) is 7.89. The molecular formula is C25H28F3NO3. The van der Waals surface area contributed by atoms with E-state index in [1.54, 1.807) is 6.21 Å². The summed E-state index contributed by atoms with van der Waals surface area (Å²) in [5.41, 5.74) is 4.02. The largest absolute Gasteiger partial charge is 0.573 e. The van der Waals surface area contributed by atoms with Crippen molar-refractivity contribution in [2.45, 2.75) is 59.2 Å². The highest BCUT2D eigenvalue weighted by atomic mass is 19.4. The minimum atomic E-state index is -4.99. The quantitative estimate of drug-likeness (QED) is 0.421. The molecule has 1 unspecified atom stereocenters. The third-order valence-electron chi connectivity index (χ3n) is 5.24. The molecule has 0 saturated heterocycles. The van der Waals surface area contributed by atoms with Crippen molar-refractivity contribution in [3.05, 3.63) is 76.0 Å². The number of benzene rings is 2. The summed E-state index contributed by atoms with van der Waals surface area (Å²) in [5, 5.41) is 9.26. The predicted octanol–water partition coefficient (Wildman–Crippen LogP) is 7.00. The number of rotatable bonds is 9. The first-order chi connectivity index (χ1) is 15.1. The van der Waals surface area contributed by atoms with Gasteiger partial charge in [-0.15, -0.1) is 13.2 Å². The number of allylic oxidation sites excluding steroid dienone is 2. The fraction of sp³-hybridized carbons (Fsp3) is 0.360. The molecule has 1 N–H and O–H groups in total. The van der Waals surface area contributed by atoms with Gasteiger partial charge in [0.05, 0.1) is 0 Å². The zero-order chi connectivity index (χ0) is 23.9. The number of alkyl halides is 3. The molecule has 2 rings (SSSR count). The van der Waals surface area contributed by atoms with E-state index in [1.165, 1.54) is 6.07 Å². The molecule has 0 aromatic heterocycles. The van der Waals surface area contributed by atoms with Gasteiger partial charge in [-0.3, -0.25) is 4.99 Å². The van der Waals surface area contributed by atoms with E-state index in [1.807, 2.05) is 45.0 Å². The van der Waals surface area contributed by atoms with Gasteiger partial charge in [0.15, 0.2) is 0 Å². The van der Waals surface area contributed by atoms with Crippen molar-refractivity contribution in [3.8, 4) is 5.75 Å². The molecule has 1 atom stereocenters. The van der Waals surface area contributed by atoms with Crippen LogP contribution < -0.4 is 4.74 Å². The van der Waals surface area contributed by atoms with Crippen LogP contribution in [0.5, 0.6) is 5.75 Å². The van der Waals surface area contributed by atoms with Crippen molar-refractivity contribution >= 4 is 12.2 Å². The van der Waals surface area contributed by atoms with Crippen LogP contribution in [0.2, 0.25) is 0 Å². The van der Waals surface area contributed by atoms with E-state index < -0.39 is 23.6 Å². The number of hydrogen-bond donors (Lipinski definition) is 1. The second-order valence-corrected chi connectivity index (χ2v) is 7.53. The maximum absolute atomic E-state index is 12.9. The second kappa shape index (κ2) is 11.0. The maximum atomic E-state index is 12.9. The Balaban J connectivity index is 2.59. The van der Waals surface area contributed by atoms with Crippen molar-refractivity contribution < 1.29 is 27.8 Å². The van der Waals surface area contributed by atoms with Crippen LogP contribution in [0.15, 0.2) is 53.2 Å². The summed E-state index contributed by atoms with van der Waals surface area (Å²) in [5.74, 6) is -2.42. The molecule has 0 aliphatic heterocycles. The Morgan fingerprint density at radius 2 is 1.94 bits per heavy atom. The fourth-order valence-corrected chi connectivity index (χ4v) is 3.57. The lowest BCUT2D eigenvalue weighted by Gasteiger charge is -2.22. The van der Waals surface area contributed by atoms with Crippen LogP contribution in [0.4, 0.5) is 13.2 Å². The van der Waals surface area contributed by atoms with Crippen LogP contribution in [0.3, 0.4) is 0 Å². The van der Waals surface area contributed by atoms with Crippen LogP contribution in [0.25, 0.3) is 0 Å². The van der Waals surface area contributed by atoms with Crippen molar-refractivity contribution in [2.75, 3.05) is 0 Å². The SMILES string of the molecule is CC=N/C(=C\CCC)C(Cc1ccc(C(=O)O)c(OC(F)(F)F)c1)c1cccc(C)c1C. The number of halogens is 3. The van der Waals surface area contributed by atoms with E-state index in [0.29, 0.717) is 12.0 Å². The lowest BCUT2D eigenvalue weighted by molar-refractivity contribution is -0.274. The molecule has 0 bridgehead atoms. The van der Waals surface area contributed by atoms with E-state index in [4.69, 9.17) is 0 Å². The van der Waals surface area contributed by atoms with Crippen molar-refractivity contribution in [1.29, 1.82) is 0 Å². The summed E-state index contributed by atoms with van der Waals surface area (Å²) in [4.78, 5) is 15.9. The number of nitrogens with zero attached hydrogens (tertiary/aromatic N) is 1. The van der Waals surface area contributed by atoms with Gasteiger partial charge in [-0.1, -0.05) is 43.7 Å². The molecule has 0 amide bonds. The average Bonchev–Trinajstić information content (AvgIpc) is 2.70. The maximum Gasteiger partial charge on any atom is 0.573 e. The molecule has 0 fully saturated rings. The lowest BCUT2D eigenvalue weighted by atomic mass is 9.84. The summed E-state index contributed by atoms with van der Waals surface area (Å²) in [6.07, 6.45) is 0.837. The molecule has 0 saturated carbocycles. The van der Waals surface area contributed by atoms with E-state index in [0.717, 1.165) is 47.4 Å². The fourth-order valence-electron chi connectivity index (χ4n) is 3.57. The molecule has 0 aliphatic carbocycles. The Morgan fingerprint density at radius 3 is 2.53 bits per heavy atom. The van der Waals surface area contributed by atoms with E-state index in [2.05, 4.69) is 16.7 Å². The number of carboxylic acids is 1.